The molecule has 2 heterocycles. The van der Waals surface area contributed by atoms with Gasteiger partial charge in [0, 0.05) is 31.9 Å². The van der Waals surface area contributed by atoms with Gasteiger partial charge in [0.05, 0.1) is 13.7 Å². The Morgan fingerprint density at radius 3 is 2.48 bits per heavy atom. The van der Waals surface area contributed by atoms with Gasteiger partial charge in [0.15, 0.2) is 11.4 Å². The Morgan fingerprint density at radius 1 is 1.17 bits per heavy atom. The Balaban J connectivity index is 1.73. The van der Waals surface area contributed by atoms with E-state index in [0.717, 1.165) is 12.0 Å². The topological polar surface area (TPSA) is 101 Å². The number of hydrogen-bond acceptors (Lipinski definition) is 6. The summed E-state index contributed by atoms with van der Waals surface area (Å²) >= 11 is 0. The highest BCUT2D eigenvalue weighted by molar-refractivity contribution is 6.04. The summed E-state index contributed by atoms with van der Waals surface area (Å²) in [6, 6.07) is 5.54. The van der Waals surface area contributed by atoms with Gasteiger partial charge in [0.1, 0.15) is 5.82 Å². The van der Waals surface area contributed by atoms with Crippen LogP contribution in [0.2, 0.25) is 0 Å². The first-order valence-corrected chi connectivity index (χ1v) is 8.74. The third-order valence-electron chi connectivity index (χ3n) is 4.54. The van der Waals surface area contributed by atoms with Gasteiger partial charge < -0.3 is 15.0 Å². The van der Waals surface area contributed by atoms with Gasteiger partial charge in [-0.05, 0) is 17.7 Å². The number of hydrogen-bond donors (Lipinski definition) is 1. The summed E-state index contributed by atoms with van der Waals surface area (Å²) in [5, 5.41) is 2.58. The molecule has 0 radical (unpaired) electrons. The summed E-state index contributed by atoms with van der Waals surface area (Å²) in [6.45, 7) is -0.438. The number of aromatic nitrogens is 2. The van der Waals surface area contributed by atoms with Gasteiger partial charge >= 0.3 is 5.97 Å². The zero-order valence-corrected chi connectivity index (χ0v) is 15.5. The van der Waals surface area contributed by atoms with Crippen molar-refractivity contribution in [2.75, 3.05) is 20.2 Å². The van der Waals surface area contributed by atoms with E-state index in [2.05, 4.69) is 20.0 Å². The number of likely N-dealkylation sites (tertiary alicyclic amines) is 1. The van der Waals surface area contributed by atoms with E-state index in [-0.39, 0.29) is 30.9 Å². The van der Waals surface area contributed by atoms with E-state index in [1.807, 2.05) is 0 Å². The number of carbonyl (C=O) groups excluding carboxylic acids is 3. The van der Waals surface area contributed by atoms with Crippen LogP contribution in [0.5, 0.6) is 0 Å². The van der Waals surface area contributed by atoms with Gasteiger partial charge in [-0.2, -0.15) is 0 Å². The average Bonchev–Trinajstić information content (AvgIpc) is 3.15. The maximum absolute atomic E-state index is 14.6. The Hall–Kier alpha value is -3.43. The number of alkyl halides is 1. The fraction of sp³-hybridized carbons (Fsp3) is 0.316. The smallest absolute Gasteiger partial charge is 0.345 e. The van der Waals surface area contributed by atoms with Crippen LogP contribution in [0.25, 0.3) is 0 Å². The summed E-state index contributed by atoms with van der Waals surface area (Å²) < 4.78 is 32.0. The molecule has 3 rings (SSSR count). The molecule has 0 bridgehead atoms. The van der Waals surface area contributed by atoms with Gasteiger partial charge in [-0.25, -0.2) is 23.5 Å². The SMILES string of the molecule is COC(=O)[C@]1(F)CCN(C(=O)c2nccnc2C(=O)NCc2ccc(F)cc2)C1. The summed E-state index contributed by atoms with van der Waals surface area (Å²) in [6.07, 6.45) is 2.28. The van der Waals surface area contributed by atoms with Crippen LogP contribution in [-0.4, -0.2) is 58.5 Å². The molecular formula is C19H18F2N4O4. The van der Waals surface area contributed by atoms with Crippen LogP contribution in [-0.2, 0) is 16.1 Å². The van der Waals surface area contributed by atoms with Gasteiger partial charge in [-0.3, -0.25) is 9.59 Å². The van der Waals surface area contributed by atoms with Crippen molar-refractivity contribution in [1.29, 1.82) is 0 Å². The third kappa shape index (κ3) is 4.36. The second-order valence-electron chi connectivity index (χ2n) is 6.50. The first kappa shape index (κ1) is 20.3. The van der Waals surface area contributed by atoms with Crippen molar-refractivity contribution in [1.82, 2.24) is 20.2 Å². The lowest BCUT2D eigenvalue weighted by atomic mass is 10.1. The largest absolute Gasteiger partial charge is 0.467 e. The van der Waals surface area contributed by atoms with Crippen molar-refractivity contribution in [3.05, 3.63) is 59.4 Å². The second-order valence-corrected chi connectivity index (χ2v) is 6.50. The molecule has 1 fully saturated rings. The maximum Gasteiger partial charge on any atom is 0.345 e. The number of nitrogens with zero attached hydrogens (tertiary/aromatic N) is 3. The highest BCUT2D eigenvalue weighted by Gasteiger charge is 2.48. The van der Waals surface area contributed by atoms with Crippen LogP contribution >= 0.6 is 0 Å². The van der Waals surface area contributed by atoms with E-state index in [4.69, 9.17) is 0 Å². The minimum Gasteiger partial charge on any atom is -0.467 e. The minimum absolute atomic E-state index is 0.0301. The lowest BCUT2D eigenvalue weighted by Gasteiger charge is -2.19. The number of amides is 2. The van der Waals surface area contributed by atoms with Gasteiger partial charge in [0.25, 0.3) is 11.8 Å². The van der Waals surface area contributed by atoms with Gasteiger partial charge in [0.2, 0.25) is 5.67 Å². The van der Waals surface area contributed by atoms with Crippen LogP contribution in [0, 0.1) is 5.82 Å². The summed E-state index contributed by atoms with van der Waals surface area (Å²) in [7, 11) is 1.07. The van der Waals surface area contributed by atoms with E-state index in [1.165, 1.54) is 36.7 Å². The van der Waals surface area contributed by atoms with Crippen LogP contribution < -0.4 is 5.32 Å². The van der Waals surface area contributed by atoms with E-state index in [0.29, 0.717) is 5.56 Å². The molecule has 2 aromatic rings. The molecule has 0 saturated carbocycles. The molecule has 1 aliphatic rings. The molecule has 1 aromatic heterocycles. The molecule has 152 valence electrons. The number of rotatable bonds is 5. The number of ether oxygens (including phenoxy) is 1. The Kier molecular flexibility index (Phi) is 5.81. The fourth-order valence-corrected chi connectivity index (χ4v) is 2.97. The zero-order chi connectivity index (χ0) is 21.0. The standard InChI is InChI=1S/C19H18F2N4O4/c1-29-18(28)19(21)6-9-25(11-19)17(27)15-14(22-7-8-23-15)16(26)24-10-12-2-4-13(20)5-3-12/h2-5,7-8H,6,9-11H2,1H3,(H,24,26)/t19-/m0/s1. The van der Waals surface area contributed by atoms with Crippen LogP contribution in [0.15, 0.2) is 36.7 Å². The summed E-state index contributed by atoms with van der Waals surface area (Å²) in [5.41, 5.74) is -2.12. The molecule has 1 saturated heterocycles. The zero-order valence-electron chi connectivity index (χ0n) is 15.5. The normalized spacial score (nSPS) is 18.4. The molecule has 29 heavy (non-hydrogen) atoms. The monoisotopic (exact) mass is 404 g/mol. The quantitative estimate of drug-likeness (QED) is 0.754. The van der Waals surface area contributed by atoms with E-state index >= 15 is 0 Å². The molecular weight excluding hydrogens is 386 g/mol. The lowest BCUT2D eigenvalue weighted by Crippen LogP contribution is -2.40. The summed E-state index contributed by atoms with van der Waals surface area (Å²) in [5.74, 6) is -2.83. The Bertz CT molecular complexity index is 938. The molecule has 10 heteroatoms. The molecule has 1 atom stereocenters. The van der Waals surface area contributed by atoms with Crippen LogP contribution in [0.1, 0.15) is 33.0 Å². The molecule has 1 N–H and O–H groups in total. The van der Waals surface area contributed by atoms with E-state index in [9.17, 15) is 23.2 Å². The molecule has 1 aliphatic heterocycles. The van der Waals surface area contributed by atoms with Crippen molar-refractivity contribution >= 4 is 17.8 Å². The minimum atomic E-state index is -2.29. The molecule has 1 aromatic carbocycles. The number of benzene rings is 1. The lowest BCUT2D eigenvalue weighted by molar-refractivity contribution is -0.153. The molecule has 0 aliphatic carbocycles. The van der Waals surface area contributed by atoms with E-state index in [1.54, 1.807) is 0 Å². The fourth-order valence-electron chi connectivity index (χ4n) is 2.97. The number of halogens is 2. The van der Waals surface area contributed by atoms with Crippen molar-refractivity contribution in [2.24, 2.45) is 0 Å². The van der Waals surface area contributed by atoms with Crippen LogP contribution in [0.4, 0.5) is 8.78 Å². The molecule has 0 spiro atoms. The third-order valence-corrected chi connectivity index (χ3v) is 4.54. The predicted molar refractivity (Wildman–Crippen MR) is 96.0 cm³/mol. The van der Waals surface area contributed by atoms with Crippen molar-refractivity contribution < 1.29 is 27.9 Å². The maximum atomic E-state index is 14.6. The number of nitrogens with one attached hydrogen (secondary N) is 1. The first-order valence-electron chi connectivity index (χ1n) is 8.74. The van der Waals surface area contributed by atoms with Crippen molar-refractivity contribution in [3.8, 4) is 0 Å². The Morgan fingerprint density at radius 2 is 1.83 bits per heavy atom. The van der Waals surface area contributed by atoms with Gasteiger partial charge in [-0.1, -0.05) is 12.1 Å². The summed E-state index contributed by atoms with van der Waals surface area (Å²) in [4.78, 5) is 45.8. The highest BCUT2D eigenvalue weighted by Crippen LogP contribution is 2.28. The first-order chi connectivity index (χ1) is 13.8. The second kappa shape index (κ2) is 8.29. The Labute approximate surface area is 164 Å². The number of esters is 1. The average molecular weight is 404 g/mol. The van der Waals surface area contributed by atoms with Crippen LogP contribution in [0.3, 0.4) is 0 Å². The van der Waals surface area contributed by atoms with Crippen molar-refractivity contribution in [3.63, 3.8) is 0 Å². The van der Waals surface area contributed by atoms with E-state index < -0.39 is 35.8 Å². The highest BCUT2D eigenvalue weighted by atomic mass is 19.1. The molecule has 2 amide bonds. The number of methoxy groups -OCH3 is 1. The predicted octanol–water partition coefficient (Wildman–Crippen LogP) is 1.27. The molecule has 0 unspecified atom stereocenters. The van der Waals surface area contributed by atoms with Gasteiger partial charge in [-0.15, -0.1) is 0 Å². The number of carbonyl (C=O) groups is 3. The van der Waals surface area contributed by atoms with Crippen molar-refractivity contribution in [2.45, 2.75) is 18.6 Å². The molecule has 8 nitrogen and oxygen atoms in total.